The minimum atomic E-state index is -0.108. The molecule has 3 aromatic rings. The molecule has 29 heavy (non-hydrogen) atoms. The SMILES string of the molecule is CC(=O)Nc1ccc(Nc2ccnc(C(=O)N3CCc4ccccc4C3)c2)cc1. The highest BCUT2D eigenvalue weighted by molar-refractivity contribution is 5.93. The molecule has 2 aromatic carbocycles. The largest absolute Gasteiger partial charge is 0.355 e. The van der Waals surface area contributed by atoms with Gasteiger partial charge in [-0.1, -0.05) is 24.3 Å². The number of pyridine rings is 1. The van der Waals surface area contributed by atoms with Crippen LogP contribution in [0, 0.1) is 0 Å². The van der Waals surface area contributed by atoms with E-state index in [1.807, 2.05) is 47.4 Å². The summed E-state index contributed by atoms with van der Waals surface area (Å²) in [6.45, 7) is 2.78. The van der Waals surface area contributed by atoms with Gasteiger partial charge in [-0.15, -0.1) is 0 Å². The second kappa shape index (κ2) is 8.14. The van der Waals surface area contributed by atoms with Crippen LogP contribution >= 0.6 is 0 Å². The molecular weight excluding hydrogens is 364 g/mol. The quantitative estimate of drug-likeness (QED) is 0.711. The van der Waals surface area contributed by atoms with Gasteiger partial charge < -0.3 is 15.5 Å². The second-order valence-corrected chi connectivity index (χ2v) is 7.06. The zero-order chi connectivity index (χ0) is 20.2. The molecule has 0 spiro atoms. The lowest BCUT2D eigenvalue weighted by Crippen LogP contribution is -2.36. The Balaban J connectivity index is 1.46. The number of rotatable bonds is 4. The van der Waals surface area contributed by atoms with Crippen LogP contribution in [0.4, 0.5) is 17.1 Å². The molecule has 4 rings (SSSR count). The fourth-order valence-corrected chi connectivity index (χ4v) is 3.46. The van der Waals surface area contributed by atoms with E-state index in [0.29, 0.717) is 18.8 Å². The number of amides is 2. The van der Waals surface area contributed by atoms with Crippen LogP contribution in [-0.2, 0) is 17.8 Å². The molecule has 0 unspecified atom stereocenters. The number of carbonyl (C=O) groups is 2. The minimum Gasteiger partial charge on any atom is -0.355 e. The lowest BCUT2D eigenvalue weighted by molar-refractivity contribution is -0.114. The molecule has 0 saturated carbocycles. The molecular formula is C23H22N4O2. The van der Waals surface area contributed by atoms with Crippen LogP contribution in [0.3, 0.4) is 0 Å². The maximum absolute atomic E-state index is 13.0. The van der Waals surface area contributed by atoms with Crippen molar-refractivity contribution in [3.05, 3.63) is 83.7 Å². The van der Waals surface area contributed by atoms with Crippen molar-refractivity contribution in [1.29, 1.82) is 0 Å². The van der Waals surface area contributed by atoms with Crippen molar-refractivity contribution in [2.24, 2.45) is 0 Å². The average molecular weight is 386 g/mol. The Morgan fingerprint density at radius 1 is 0.931 bits per heavy atom. The molecule has 0 fully saturated rings. The highest BCUT2D eigenvalue weighted by atomic mass is 16.2. The number of hydrogen-bond acceptors (Lipinski definition) is 4. The zero-order valence-corrected chi connectivity index (χ0v) is 16.2. The van der Waals surface area contributed by atoms with Crippen LogP contribution in [0.1, 0.15) is 28.5 Å². The smallest absolute Gasteiger partial charge is 0.272 e. The third kappa shape index (κ3) is 4.43. The number of fused-ring (bicyclic) bond motifs is 1. The number of carbonyl (C=O) groups excluding carboxylic acids is 2. The summed E-state index contributed by atoms with van der Waals surface area (Å²) in [6, 6.07) is 19.2. The summed E-state index contributed by atoms with van der Waals surface area (Å²) >= 11 is 0. The molecule has 6 heteroatoms. The van der Waals surface area contributed by atoms with Crippen molar-refractivity contribution in [2.75, 3.05) is 17.2 Å². The van der Waals surface area contributed by atoms with E-state index in [9.17, 15) is 9.59 Å². The van der Waals surface area contributed by atoms with Crippen molar-refractivity contribution in [3.63, 3.8) is 0 Å². The third-order valence-electron chi connectivity index (χ3n) is 4.89. The number of nitrogens with one attached hydrogen (secondary N) is 2. The molecule has 1 aliphatic heterocycles. The predicted molar refractivity (Wildman–Crippen MR) is 113 cm³/mol. The van der Waals surface area contributed by atoms with E-state index >= 15 is 0 Å². The molecule has 0 bridgehead atoms. The number of nitrogens with zero attached hydrogens (tertiary/aromatic N) is 2. The summed E-state index contributed by atoms with van der Waals surface area (Å²) in [5.41, 5.74) is 5.30. The first-order chi connectivity index (χ1) is 14.1. The lowest BCUT2D eigenvalue weighted by atomic mass is 10.00. The van der Waals surface area contributed by atoms with Crippen LogP contribution in [0.2, 0.25) is 0 Å². The van der Waals surface area contributed by atoms with Gasteiger partial charge >= 0.3 is 0 Å². The topological polar surface area (TPSA) is 74.3 Å². The summed E-state index contributed by atoms with van der Waals surface area (Å²) in [6.07, 6.45) is 2.50. The second-order valence-electron chi connectivity index (χ2n) is 7.06. The summed E-state index contributed by atoms with van der Waals surface area (Å²) < 4.78 is 0. The first kappa shape index (κ1) is 18.7. The summed E-state index contributed by atoms with van der Waals surface area (Å²) in [4.78, 5) is 30.2. The van der Waals surface area contributed by atoms with Crippen LogP contribution in [-0.4, -0.2) is 28.2 Å². The molecule has 1 aromatic heterocycles. The van der Waals surface area contributed by atoms with Gasteiger partial charge in [-0.25, -0.2) is 0 Å². The van der Waals surface area contributed by atoms with Gasteiger partial charge in [0.2, 0.25) is 5.91 Å². The van der Waals surface area contributed by atoms with Gasteiger partial charge in [0.05, 0.1) is 0 Å². The first-order valence-electron chi connectivity index (χ1n) is 9.55. The Morgan fingerprint density at radius 2 is 1.66 bits per heavy atom. The highest BCUT2D eigenvalue weighted by Gasteiger charge is 2.22. The van der Waals surface area contributed by atoms with Gasteiger partial charge in [-0.2, -0.15) is 0 Å². The fraction of sp³-hybridized carbons (Fsp3) is 0.174. The van der Waals surface area contributed by atoms with Gasteiger partial charge in [0.1, 0.15) is 5.69 Å². The summed E-state index contributed by atoms with van der Waals surface area (Å²) in [5, 5.41) is 6.01. The van der Waals surface area contributed by atoms with Gasteiger partial charge in [0.25, 0.3) is 5.91 Å². The van der Waals surface area contributed by atoms with Crippen LogP contribution in [0.5, 0.6) is 0 Å². The van der Waals surface area contributed by atoms with Crippen molar-refractivity contribution < 1.29 is 9.59 Å². The summed E-state index contributed by atoms with van der Waals surface area (Å²) in [5.74, 6) is -0.174. The molecule has 0 aliphatic carbocycles. The number of hydrogen-bond donors (Lipinski definition) is 2. The molecule has 146 valence electrons. The maximum atomic E-state index is 13.0. The monoisotopic (exact) mass is 386 g/mol. The lowest BCUT2D eigenvalue weighted by Gasteiger charge is -2.28. The summed E-state index contributed by atoms with van der Waals surface area (Å²) in [7, 11) is 0. The average Bonchev–Trinajstić information content (AvgIpc) is 2.74. The van der Waals surface area contributed by atoms with Crippen LogP contribution in [0.15, 0.2) is 66.9 Å². The third-order valence-corrected chi connectivity index (χ3v) is 4.89. The molecule has 0 saturated heterocycles. The van der Waals surface area contributed by atoms with Crippen molar-refractivity contribution in [2.45, 2.75) is 19.9 Å². The molecule has 0 atom stereocenters. The van der Waals surface area contributed by atoms with Crippen molar-refractivity contribution in [1.82, 2.24) is 9.88 Å². The normalized spacial score (nSPS) is 12.8. The van der Waals surface area contributed by atoms with E-state index in [4.69, 9.17) is 0 Å². The Labute approximate surface area is 169 Å². The molecule has 2 amide bonds. The minimum absolute atomic E-state index is 0.0656. The first-order valence-corrected chi connectivity index (χ1v) is 9.55. The van der Waals surface area contributed by atoms with E-state index in [1.54, 1.807) is 12.3 Å². The van der Waals surface area contributed by atoms with Gasteiger partial charge in [0, 0.05) is 43.3 Å². The molecule has 2 N–H and O–H groups in total. The molecule has 1 aliphatic rings. The van der Waals surface area contributed by atoms with Gasteiger partial charge in [-0.05, 0) is 53.9 Å². The van der Waals surface area contributed by atoms with Gasteiger partial charge in [0.15, 0.2) is 0 Å². The Morgan fingerprint density at radius 3 is 2.41 bits per heavy atom. The zero-order valence-electron chi connectivity index (χ0n) is 16.2. The van der Waals surface area contributed by atoms with E-state index < -0.39 is 0 Å². The van der Waals surface area contributed by atoms with E-state index in [1.165, 1.54) is 18.1 Å². The van der Waals surface area contributed by atoms with Gasteiger partial charge in [-0.3, -0.25) is 14.6 Å². The van der Waals surface area contributed by atoms with Crippen molar-refractivity contribution >= 4 is 28.9 Å². The highest BCUT2D eigenvalue weighted by Crippen LogP contribution is 2.22. The predicted octanol–water partition coefficient (Wildman–Crippen LogP) is 3.98. The van der Waals surface area contributed by atoms with E-state index in [0.717, 1.165) is 23.5 Å². The maximum Gasteiger partial charge on any atom is 0.272 e. The number of anilines is 3. The number of aromatic nitrogens is 1. The Bertz CT molecular complexity index is 1050. The standard InChI is InChI=1S/C23H22N4O2/c1-16(28)25-19-6-8-20(9-7-19)26-21-10-12-24-22(14-21)23(29)27-13-11-17-4-2-3-5-18(17)15-27/h2-10,12,14H,11,13,15H2,1H3,(H,24,26)(H,25,28). The Hall–Kier alpha value is -3.67. The van der Waals surface area contributed by atoms with E-state index in [-0.39, 0.29) is 11.8 Å². The van der Waals surface area contributed by atoms with Crippen molar-refractivity contribution in [3.8, 4) is 0 Å². The molecule has 6 nitrogen and oxygen atoms in total. The van der Waals surface area contributed by atoms with E-state index in [2.05, 4.69) is 27.8 Å². The molecule has 2 heterocycles. The van der Waals surface area contributed by atoms with Crippen LogP contribution in [0.25, 0.3) is 0 Å². The number of benzene rings is 2. The fourth-order valence-electron chi connectivity index (χ4n) is 3.46. The Kier molecular flexibility index (Phi) is 5.24. The van der Waals surface area contributed by atoms with Crippen LogP contribution < -0.4 is 10.6 Å². The molecule has 0 radical (unpaired) electrons.